The molecule has 3 aromatic rings. The predicted octanol–water partition coefficient (Wildman–Crippen LogP) is 5.04. The summed E-state index contributed by atoms with van der Waals surface area (Å²) in [6, 6.07) is 13.5. The quantitative estimate of drug-likeness (QED) is 0.459. The summed E-state index contributed by atoms with van der Waals surface area (Å²) in [6.07, 6.45) is 5.22. The molecular weight excluding hydrogens is 376 g/mol. The number of hydrogen-bond donors (Lipinski definition) is 0. The van der Waals surface area contributed by atoms with Gasteiger partial charge in [-0.3, -0.25) is 9.78 Å². The highest BCUT2D eigenvalue weighted by atomic mass is 32.2. The first-order valence-electron chi connectivity index (χ1n) is 8.04. The van der Waals surface area contributed by atoms with Crippen LogP contribution in [0.3, 0.4) is 0 Å². The average molecular weight is 393 g/mol. The number of rotatable bonds is 4. The lowest BCUT2D eigenvalue weighted by Crippen LogP contribution is -2.15. The monoisotopic (exact) mass is 392 g/mol. The fourth-order valence-corrected chi connectivity index (χ4v) is 3.74. The number of carbonyl (C=O) groups excluding carboxylic acids is 1. The van der Waals surface area contributed by atoms with Gasteiger partial charge in [-0.05, 0) is 47.7 Å². The zero-order chi connectivity index (χ0) is 19.2. The Labute approximate surface area is 166 Å². The molecule has 0 saturated heterocycles. The third-order valence-corrected chi connectivity index (χ3v) is 5.48. The smallest absolute Gasteiger partial charge is 0.285 e. The van der Waals surface area contributed by atoms with E-state index in [0.29, 0.717) is 10.6 Å². The second kappa shape index (κ2) is 8.62. The fourth-order valence-electron chi connectivity index (χ4n) is 2.22. The molecule has 0 spiro atoms. The first-order valence-corrected chi connectivity index (χ1v) is 9.74. The fraction of sp³-hybridized carbons (Fsp3) is 0.100. The molecule has 7 heteroatoms. The van der Waals surface area contributed by atoms with Crippen LogP contribution in [-0.4, -0.2) is 34.2 Å². The number of nitrogens with zero attached hydrogens (tertiary/aromatic N) is 4. The summed E-state index contributed by atoms with van der Waals surface area (Å²) >= 11 is 2.58. The normalized spacial score (nSPS) is 11.1. The third-order valence-electron chi connectivity index (χ3n) is 3.57. The summed E-state index contributed by atoms with van der Waals surface area (Å²) in [5.41, 5.74) is 3.12. The van der Waals surface area contributed by atoms with Crippen molar-refractivity contribution in [2.24, 2.45) is 0 Å². The molecule has 0 N–H and O–H groups in total. The van der Waals surface area contributed by atoms with Gasteiger partial charge in [0.25, 0.3) is 5.24 Å². The van der Waals surface area contributed by atoms with Gasteiger partial charge in [-0.25, -0.2) is 4.98 Å². The summed E-state index contributed by atoms with van der Waals surface area (Å²) in [5.74, 6) is 0. The number of amides is 1. The highest BCUT2D eigenvalue weighted by Gasteiger charge is 2.10. The lowest BCUT2D eigenvalue weighted by molar-refractivity contribution is 0.241. The summed E-state index contributed by atoms with van der Waals surface area (Å²) in [6.45, 7) is 0. The van der Waals surface area contributed by atoms with E-state index in [4.69, 9.17) is 0 Å². The van der Waals surface area contributed by atoms with Crippen LogP contribution in [0.5, 0.6) is 0 Å². The number of allylic oxidation sites excluding steroid dienone is 1. The van der Waals surface area contributed by atoms with Gasteiger partial charge >= 0.3 is 0 Å². The second-order valence-electron chi connectivity index (χ2n) is 5.78. The Hall–Kier alpha value is -2.95. The van der Waals surface area contributed by atoms with E-state index in [2.05, 4.69) is 16.0 Å². The number of benzene rings is 1. The van der Waals surface area contributed by atoms with Crippen LogP contribution in [-0.2, 0) is 0 Å². The molecule has 2 aromatic heterocycles. The number of carbonyl (C=O) groups is 1. The molecule has 0 unspecified atom stereocenters. The Kier molecular flexibility index (Phi) is 6.01. The maximum atomic E-state index is 11.9. The van der Waals surface area contributed by atoms with Crippen LogP contribution < -0.4 is 0 Å². The van der Waals surface area contributed by atoms with E-state index in [1.54, 1.807) is 32.6 Å². The van der Waals surface area contributed by atoms with E-state index in [-0.39, 0.29) is 5.24 Å². The van der Waals surface area contributed by atoms with Gasteiger partial charge in [-0.2, -0.15) is 5.26 Å². The van der Waals surface area contributed by atoms with Crippen LogP contribution in [0.25, 0.3) is 22.9 Å². The maximum absolute atomic E-state index is 11.9. The van der Waals surface area contributed by atoms with Crippen LogP contribution in [0.1, 0.15) is 10.6 Å². The molecule has 5 nitrogen and oxygen atoms in total. The number of hydrogen-bond acceptors (Lipinski definition) is 6. The molecule has 134 valence electrons. The van der Waals surface area contributed by atoms with Crippen molar-refractivity contribution >= 4 is 40.0 Å². The highest BCUT2D eigenvalue weighted by molar-refractivity contribution is 8.13. The largest absolute Gasteiger partial charge is 0.339 e. The van der Waals surface area contributed by atoms with Crippen LogP contribution in [0.15, 0.2) is 59.1 Å². The van der Waals surface area contributed by atoms with Gasteiger partial charge < -0.3 is 4.90 Å². The zero-order valence-electron chi connectivity index (χ0n) is 14.8. The number of pyridine rings is 1. The van der Waals surface area contributed by atoms with E-state index >= 15 is 0 Å². The number of thioether (sulfide) groups is 1. The molecule has 0 aliphatic carbocycles. The third kappa shape index (κ3) is 4.82. The minimum Gasteiger partial charge on any atom is -0.339 e. The van der Waals surface area contributed by atoms with Gasteiger partial charge in [0, 0.05) is 42.3 Å². The molecule has 0 aliphatic heterocycles. The van der Waals surface area contributed by atoms with Gasteiger partial charge in [-0.15, -0.1) is 11.3 Å². The number of nitriles is 1. The van der Waals surface area contributed by atoms with Crippen molar-refractivity contribution in [3.63, 3.8) is 0 Å². The Bertz CT molecular complexity index is 1020. The van der Waals surface area contributed by atoms with Crippen molar-refractivity contribution in [1.29, 1.82) is 5.26 Å². The van der Waals surface area contributed by atoms with Crippen LogP contribution in [0.2, 0.25) is 0 Å². The SMILES string of the molecule is CN(C)C(=O)Sc1cccc(/C=C(\C#N)c2nc(-c3ccncc3)cs2)c1. The van der Waals surface area contributed by atoms with E-state index in [1.807, 2.05) is 41.8 Å². The van der Waals surface area contributed by atoms with Gasteiger partial charge in [0.2, 0.25) is 0 Å². The first kappa shape index (κ1) is 18.8. The lowest BCUT2D eigenvalue weighted by atomic mass is 10.1. The molecule has 0 atom stereocenters. The minimum absolute atomic E-state index is 0.0430. The number of aromatic nitrogens is 2. The van der Waals surface area contributed by atoms with Crippen molar-refractivity contribution in [3.05, 3.63) is 64.7 Å². The molecule has 3 rings (SSSR count). The predicted molar refractivity (Wildman–Crippen MR) is 110 cm³/mol. The molecule has 0 bridgehead atoms. The van der Waals surface area contributed by atoms with Gasteiger partial charge in [0.05, 0.1) is 11.3 Å². The Balaban J connectivity index is 1.86. The summed E-state index contributed by atoms with van der Waals surface area (Å²) in [5, 5.41) is 12.1. The van der Waals surface area contributed by atoms with Crippen molar-refractivity contribution in [3.8, 4) is 17.3 Å². The highest BCUT2D eigenvalue weighted by Crippen LogP contribution is 2.28. The summed E-state index contributed by atoms with van der Waals surface area (Å²) < 4.78 is 0. The van der Waals surface area contributed by atoms with Crippen LogP contribution >= 0.6 is 23.1 Å². The minimum atomic E-state index is -0.0430. The van der Waals surface area contributed by atoms with Gasteiger partial charge in [0.1, 0.15) is 11.1 Å². The number of thiazole rings is 1. The molecule has 0 saturated carbocycles. The maximum Gasteiger partial charge on any atom is 0.285 e. The summed E-state index contributed by atoms with van der Waals surface area (Å²) in [7, 11) is 3.44. The first-order chi connectivity index (χ1) is 13.1. The molecule has 0 fully saturated rings. The molecule has 27 heavy (non-hydrogen) atoms. The van der Waals surface area contributed by atoms with Gasteiger partial charge in [-0.1, -0.05) is 12.1 Å². The molecule has 1 amide bonds. The van der Waals surface area contributed by atoms with Crippen molar-refractivity contribution in [2.45, 2.75) is 4.90 Å². The van der Waals surface area contributed by atoms with Crippen molar-refractivity contribution < 1.29 is 4.79 Å². The standard InChI is InChI=1S/C20H16N4OS2/c1-24(2)20(25)27-17-5-3-4-14(11-17)10-16(12-21)19-23-18(13-26-19)15-6-8-22-9-7-15/h3-11,13H,1-2H3/b16-10+. The molecule has 0 radical (unpaired) electrons. The molecular formula is C20H16N4OS2. The second-order valence-corrected chi connectivity index (χ2v) is 7.66. The van der Waals surface area contributed by atoms with Crippen LogP contribution in [0, 0.1) is 11.3 Å². The van der Waals surface area contributed by atoms with E-state index in [0.717, 1.165) is 33.5 Å². The van der Waals surface area contributed by atoms with Crippen LogP contribution in [0.4, 0.5) is 4.79 Å². The lowest BCUT2D eigenvalue weighted by Gasteiger charge is -2.09. The average Bonchev–Trinajstić information content (AvgIpc) is 3.17. The molecule has 0 aliphatic rings. The van der Waals surface area contributed by atoms with Crippen molar-refractivity contribution in [1.82, 2.24) is 14.9 Å². The molecule has 1 aromatic carbocycles. The van der Waals surface area contributed by atoms with Gasteiger partial charge in [0.15, 0.2) is 0 Å². The summed E-state index contributed by atoms with van der Waals surface area (Å²) in [4.78, 5) is 22.8. The topological polar surface area (TPSA) is 69.9 Å². The van der Waals surface area contributed by atoms with Crippen molar-refractivity contribution in [2.75, 3.05) is 14.1 Å². The Morgan fingerprint density at radius 2 is 2.04 bits per heavy atom. The van der Waals surface area contributed by atoms with E-state index in [9.17, 15) is 10.1 Å². The van der Waals surface area contributed by atoms with E-state index < -0.39 is 0 Å². The Morgan fingerprint density at radius 3 is 2.74 bits per heavy atom. The molecule has 2 heterocycles. The van der Waals surface area contributed by atoms with E-state index in [1.165, 1.54) is 16.2 Å². The zero-order valence-corrected chi connectivity index (χ0v) is 16.4. The Morgan fingerprint density at radius 1 is 1.26 bits per heavy atom.